The van der Waals surface area contributed by atoms with E-state index in [0.717, 1.165) is 17.9 Å². The van der Waals surface area contributed by atoms with Gasteiger partial charge in [-0.15, -0.1) is 0 Å². The Bertz CT molecular complexity index is 730. The minimum atomic E-state index is -0.432. The maximum Gasteiger partial charge on any atom is 0.269 e. The van der Waals surface area contributed by atoms with Gasteiger partial charge in [0.1, 0.15) is 0 Å². The SMILES string of the molecule is CCN(c1ccc(NC(=S)Nc2ccc([N+](=O)[O-])cc2)cc1)C(C)C. The van der Waals surface area contributed by atoms with Crippen LogP contribution in [0.3, 0.4) is 0 Å². The highest BCUT2D eigenvalue weighted by Gasteiger charge is 2.08. The van der Waals surface area contributed by atoms with Crippen LogP contribution in [0.1, 0.15) is 20.8 Å². The average molecular weight is 358 g/mol. The Kier molecular flexibility index (Phi) is 6.30. The molecule has 0 aromatic heterocycles. The molecule has 0 spiro atoms. The Balaban J connectivity index is 1.97. The van der Waals surface area contributed by atoms with Gasteiger partial charge < -0.3 is 15.5 Å². The molecule has 2 aromatic carbocycles. The van der Waals surface area contributed by atoms with E-state index in [4.69, 9.17) is 12.2 Å². The van der Waals surface area contributed by atoms with Gasteiger partial charge in [0.05, 0.1) is 4.92 Å². The van der Waals surface area contributed by atoms with E-state index in [1.165, 1.54) is 12.1 Å². The van der Waals surface area contributed by atoms with Crippen molar-refractivity contribution in [1.29, 1.82) is 0 Å². The molecule has 0 aliphatic carbocycles. The predicted molar refractivity (Wildman–Crippen MR) is 108 cm³/mol. The molecular formula is C18H22N4O2S. The molecule has 2 N–H and O–H groups in total. The smallest absolute Gasteiger partial charge is 0.269 e. The summed E-state index contributed by atoms with van der Waals surface area (Å²) in [5.41, 5.74) is 2.78. The Hall–Kier alpha value is -2.67. The van der Waals surface area contributed by atoms with Crippen LogP contribution in [-0.4, -0.2) is 22.6 Å². The van der Waals surface area contributed by atoms with Gasteiger partial charge in [0.15, 0.2) is 5.11 Å². The summed E-state index contributed by atoms with van der Waals surface area (Å²) in [5.74, 6) is 0. The van der Waals surface area contributed by atoms with Crippen LogP contribution in [0.15, 0.2) is 48.5 Å². The molecule has 0 fully saturated rings. The molecule has 132 valence electrons. The monoisotopic (exact) mass is 358 g/mol. The summed E-state index contributed by atoms with van der Waals surface area (Å²) in [5, 5.41) is 17.2. The van der Waals surface area contributed by atoms with E-state index in [0.29, 0.717) is 16.8 Å². The van der Waals surface area contributed by atoms with E-state index in [1.807, 2.05) is 12.1 Å². The standard InChI is InChI=1S/C18H22N4O2S/c1-4-21(13(2)3)16-9-5-14(6-10-16)19-18(25)20-15-7-11-17(12-8-15)22(23)24/h5-13H,4H2,1-3H3,(H2,19,20,25). The van der Waals surface area contributed by atoms with E-state index >= 15 is 0 Å². The predicted octanol–water partition coefficient (Wildman–Crippen LogP) is 4.64. The molecule has 2 rings (SSSR count). The lowest BCUT2D eigenvalue weighted by Crippen LogP contribution is -2.30. The molecule has 7 heteroatoms. The molecule has 0 atom stereocenters. The number of hydrogen-bond acceptors (Lipinski definition) is 4. The van der Waals surface area contributed by atoms with Crippen LogP contribution in [-0.2, 0) is 0 Å². The molecule has 0 bridgehead atoms. The molecular weight excluding hydrogens is 336 g/mol. The summed E-state index contributed by atoms with van der Waals surface area (Å²) in [6.45, 7) is 7.41. The summed E-state index contributed by atoms with van der Waals surface area (Å²) in [6.07, 6.45) is 0. The second-order valence-corrected chi connectivity index (χ2v) is 6.22. The Morgan fingerprint density at radius 3 is 1.96 bits per heavy atom. The fraction of sp³-hybridized carbons (Fsp3) is 0.278. The fourth-order valence-corrected chi connectivity index (χ4v) is 2.78. The number of benzene rings is 2. The van der Waals surface area contributed by atoms with Gasteiger partial charge in [-0.25, -0.2) is 0 Å². The van der Waals surface area contributed by atoms with Crippen molar-refractivity contribution in [1.82, 2.24) is 0 Å². The first-order valence-electron chi connectivity index (χ1n) is 8.10. The molecule has 0 heterocycles. The number of non-ortho nitro benzene ring substituents is 1. The molecule has 25 heavy (non-hydrogen) atoms. The van der Waals surface area contributed by atoms with E-state index < -0.39 is 4.92 Å². The highest BCUT2D eigenvalue weighted by Crippen LogP contribution is 2.20. The summed E-state index contributed by atoms with van der Waals surface area (Å²) in [6, 6.07) is 14.6. The lowest BCUT2D eigenvalue weighted by Gasteiger charge is -2.27. The minimum absolute atomic E-state index is 0.0469. The third-order valence-electron chi connectivity index (χ3n) is 3.76. The topological polar surface area (TPSA) is 70.4 Å². The Morgan fingerprint density at radius 2 is 1.56 bits per heavy atom. The van der Waals surface area contributed by atoms with Crippen molar-refractivity contribution in [2.45, 2.75) is 26.8 Å². The zero-order chi connectivity index (χ0) is 18.4. The Morgan fingerprint density at radius 1 is 1.08 bits per heavy atom. The van der Waals surface area contributed by atoms with E-state index in [-0.39, 0.29) is 5.69 Å². The molecule has 0 aliphatic heterocycles. The molecule has 0 aliphatic rings. The maximum absolute atomic E-state index is 10.7. The number of anilines is 3. The van der Waals surface area contributed by atoms with Crippen LogP contribution in [0.25, 0.3) is 0 Å². The number of hydrogen-bond donors (Lipinski definition) is 2. The van der Waals surface area contributed by atoms with Gasteiger partial charge in [-0.3, -0.25) is 10.1 Å². The highest BCUT2D eigenvalue weighted by molar-refractivity contribution is 7.80. The van der Waals surface area contributed by atoms with Crippen molar-refractivity contribution in [3.8, 4) is 0 Å². The molecule has 6 nitrogen and oxygen atoms in total. The number of nitro benzene ring substituents is 1. The first-order chi connectivity index (χ1) is 11.9. The number of thiocarbonyl (C=S) groups is 1. The van der Waals surface area contributed by atoms with Crippen molar-refractivity contribution in [3.05, 3.63) is 58.6 Å². The summed E-state index contributed by atoms with van der Waals surface area (Å²) >= 11 is 5.28. The van der Waals surface area contributed by atoms with Crippen LogP contribution in [0, 0.1) is 10.1 Å². The third kappa shape index (κ3) is 5.15. The van der Waals surface area contributed by atoms with E-state index in [2.05, 4.69) is 48.4 Å². The van der Waals surface area contributed by atoms with Crippen LogP contribution in [0.4, 0.5) is 22.7 Å². The largest absolute Gasteiger partial charge is 0.369 e. The fourth-order valence-electron chi connectivity index (χ4n) is 2.54. The number of nitrogens with zero attached hydrogens (tertiary/aromatic N) is 2. The summed E-state index contributed by atoms with van der Waals surface area (Å²) < 4.78 is 0. The number of nitrogens with one attached hydrogen (secondary N) is 2. The van der Waals surface area contributed by atoms with Crippen molar-refractivity contribution < 1.29 is 4.92 Å². The van der Waals surface area contributed by atoms with Crippen LogP contribution in [0.5, 0.6) is 0 Å². The molecule has 0 saturated heterocycles. The highest BCUT2D eigenvalue weighted by atomic mass is 32.1. The van der Waals surface area contributed by atoms with Crippen LogP contribution >= 0.6 is 12.2 Å². The summed E-state index contributed by atoms with van der Waals surface area (Å²) in [4.78, 5) is 12.5. The van der Waals surface area contributed by atoms with Crippen LogP contribution in [0.2, 0.25) is 0 Å². The van der Waals surface area contributed by atoms with Crippen molar-refractivity contribution in [3.63, 3.8) is 0 Å². The number of nitro groups is 1. The van der Waals surface area contributed by atoms with E-state index in [1.54, 1.807) is 12.1 Å². The molecule has 0 amide bonds. The van der Waals surface area contributed by atoms with Gasteiger partial charge in [-0.2, -0.15) is 0 Å². The van der Waals surface area contributed by atoms with E-state index in [9.17, 15) is 10.1 Å². The van der Waals surface area contributed by atoms with Crippen molar-refractivity contribution in [2.24, 2.45) is 0 Å². The number of rotatable bonds is 6. The lowest BCUT2D eigenvalue weighted by molar-refractivity contribution is -0.384. The maximum atomic E-state index is 10.7. The molecule has 0 saturated carbocycles. The molecule has 0 radical (unpaired) electrons. The zero-order valence-electron chi connectivity index (χ0n) is 14.5. The molecule has 0 unspecified atom stereocenters. The third-order valence-corrected chi connectivity index (χ3v) is 3.96. The van der Waals surface area contributed by atoms with Gasteiger partial charge in [0.25, 0.3) is 5.69 Å². The second kappa shape index (κ2) is 8.43. The van der Waals surface area contributed by atoms with Gasteiger partial charge in [0, 0.05) is 41.8 Å². The van der Waals surface area contributed by atoms with Gasteiger partial charge in [0.2, 0.25) is 0 Å². The first-order valence-corrected chi connectivity index (χ1v) is 8.50. The average Bonchev–Trinajstić information content (AvgIpc) is 2.57. The quantitative estimate of drug-likeness (QED) is 0.445. The summed E-state index contributed by atoms with van der Waals surface area (Å²) in [7, 11) is 0. The van der Waals surface area contributed by atoms with Gasteiger partial charge >= 0.3 is 0 Å². The normalized spacial score (nSPS) is 10.4. The second-order valence-electron chi connectivity index (χ2n) is 5.81. The minimum Gasteiger partial charge on any atom is -0.369 e. The zero-order valence-corrected chi connectivity index (χ0v) is 15.3. The van der Waals surface area contributed by atoms with Crippen LogP contribution < -0.4 is 15.5 Å². The van der Waals surface area contributed by atoms with Crippen molar-refractivity contribution >= 4 is 40.1 Å². The first kappa shape index (κ1) is 18.7. The van der Waals surface area contributed by atoms with Gasteiger partial charge in [-0.05, 0) is 69.4 Å². The van der Waals surface area contributed by atoms with Gasteiger partial charge in [-0.1, -0.05) is 0 Å². The lowest BCUT2D eigenvalue weighted by atomic mass is 10.2. The molecule has 2 aromatic rings. The van der Waals surface area contributed by atoms with Crippen molar-refractivity contribution in [2.75, 3.05) is 22.1 Å². The Labute approximate surface area is 153 Å².